The molecule has 1 fully saturated rings. The largest absolute Gasteiger partial charge is 0.344 e. The van der Waals surface area contributed by atoms with E-state index in [1.807, 2.05) is 11.8 Å². The predicted octanol–water partition coefficient (Wildman–Crippen LogP) is 2.29. The van der Waals surface area contributed by atoms with Crippen LogP contribution in [0.5, 0.6) is 0 Å². The molecule has 1 aromatic heterocycles. The summed E-state index contributed by atoms with van der Waals surface area (Å²) in [6, 6.07) is 8.46. The summed E-state index contributed by atoms with van der Waals surface area (Å²) in [6.07, 6.45) is 3.49. The van der Waals surface area contributed by atoms with Gasteiger partial charge in [0, 0.05) is 38.9 Å². The lowest BCUT2D eigenvalue weighted by Crippen LogP contribution is -2.49. The molecule has 0 saturated carbocycles. The molecule has 1 aliphatic heterocycles. The Morgan fingerprint density at radius 3 is 2.50 bits per heavy atom. The van der Waals surface area contributed by atoms with Crippen molar-refractivity contribution < 1.29 is 4.79 Å². The van der Waals surface area contributed by atoms with Crippen molar-refractivity contribution in [1.82, 2.24) is 19.6 Å². The lowest BCUT2D eigenvalue weighted by atomic mass is 10.1. The van der Waals surface area contributed by atoms with Crippen molar-refractivity contribution in [2.45, 2.75) is 20.4 Å². The predicted molar refractivity (Wildman–Crippen MR) is 85.8 cm³/mol. The highest BCUT2D eigenvalue weighted by molar-refractivity contribution is 5.76. The molecular formula is C17H22N4O. The molecule has 0 radical (unpaired) electrons. The zero-order chi connectivity index (χ0) is 15.5. The van der Waals surface area contributed by atoms with Crippen molar-refractivity contribution in [3.63, 3.8) is 0 Å². The minimum atomic E-state index is -0.0244. The van der Waals surface area contributed by atoms with Gasteiger partial charge in [0.05, 0.1) is 6.20 Å². The van der Waals surface area contributed by atoms with Crippen LogP contribution in [-0.2, 0) is 6.54 Å². The van der Waals surface area contributed by atoms with Gasteiger partial charge in [-0.25, -0.2) is 4.79 Å². The van der Waals surface area contributed by atoms with E-state index in [0.717, 1.165) is 38.3 Å². The van der Waals surface area contributed by atoms with Gasteiger partial charge in [0.25, 0.3) is 0 Å². The number of piperazine rings is 1. The Hall–Kier alpha value is -2.14. The molecule has 5 heteroatoms. The second-order valence-electron chi connectivity index (χ2n) is 5.93. The van der Waals surface area contributed by atoms with Gasteiger partial charge in [-0.15, -0.1) is 0 Å². The summed E-state index contributed by atoms with van der Waals surface area (Å²) >= 11 is 0. The Labute approximate surface area is 131 Å². The zero-order valence-electron chi connectivity index (χ0n) is 13.2. The maximum atomic E-state index is 12.3. The van der Waals surface area contributed by atoms with E-state index in [0.29, 0.717) is 0 Å². The third kappa shape index (κ3) is 3.20. The molecule has 2 aromatic rings. The molecule has 1 amide bonds. The fourth-order valence-electron chi connectivity index (χ4n) is 2.79. The van der Waals surface area contributed by atoms with Crippen LogP contribution in [0.4, 0.5) is 4.79 Å². The van der Waals surface area contributed by atoms with Gasteiger partial charge in [-0.1, -0.05) is 24.3 Å². The van der Waals surface area contributed by atoms with Gasteiger partial charge in [-0.3, -0.25) is 4.90 Å². The van der Waals surface area contributed by atoms with Crippen LogP contribution in [0, 0.1) is 13.8 Å². The van der Waals surface area contributed by atoms with Crippen LogP contribution < -0.4 is 0 Å². The van der Waals surface area contributed by atoms with Crippen molar-refractivity contribution in [1.29, 1.82) is 0 Å². The van der Waals surface area contributed by atoms with Crippen LogP contribution in [0.25, 0.3) is 0 Å². The van der Waals surface area contributed by atoms with Crippen LogP contribution in [0.2, 0.25) is 0 Å². The molecule has 1 aromatic carbocycles. The normalized spacial score (nSPS) is 16.0. The van der Waals surface area contributed by atoms with Crippen LogP contribution in [0.15, 0.2) is 36.7 Å². The number of carbonyl (C=O) groups is 1. The number of amides is 1. The van der Waals surface area contributed by atoms with E-state index in [4.69, 9.17) is 0 Å². The first-order chi connectivity index (χ1) is 10.6. The van der Waals surface area contributed by atoms with E-state index in [-0.39, 0.29) is 6.03 Å². The fourth-order valence-corrected chi connectivity index (χ4v) is 2.79. The average Bonchev–Trinajstić information content (AvgIpc) is 2.96. The molecule has 0 spiro atoms. The van der Waals surface area contributed by atoms with Gasteiger partial charge in [-0.05, 0) is 30.5 Å². The summed E-state index contributed by atoms with van der Waals surface area (Å²) in [5.74, 6) is 0. The maximum Gasteiger partial charge on any atom is 0.344 e. The molecular weight excluding hydrogens is 276 g/mol. The van der Waals surface area contributed by atoms with E-state index in [9.17, 15) is 4.79 Å². The van der Waals surface area contributed by atoms with E-state index >= 15 is 0 Å². The monoisotopic (exact) mass is 298 g/mol. The van der Waals surface area contributed by atoms with Gasteiger partial charge >= 0.3 is 6.03 Å². The van der Waals surface area contributed by atoms with E-state index in [2.05, 4.69) is 41.2 Å². The first-order valence-corrected chi connectivity index (χ1v) is 7.71. The summed E-state index contributed by atoms with van der Waals surface area (Å²) in [5, 5.41) is 4.10. The molecule has 2 heterocycles. The van der Waals surface area contributed by atoms with E-state index < -0.39 is 0 Å². The number of hydrogen-bond donors (Lipinski definition) is 0. The molecule has 0 bridgehead atoms. The molecule has 0 aliphatic carbocycles. The SMILES string of the molecule is Cc1cnn(C(=O)N2CCN(Cc3ccccc3C)CC2)c1. The molecule has 1 saturated heterocycles. The standard InChI is InChI=1S/C17H22N4O/c1-14-11-18-21(12-14)17(22)20-9-7-19(8-10-20)13-16-6-4-3-5-15(16)2/h3-6,11-12H,7-10,13H2,1-2H3. The number of nitrogens with zero attached hydrogens (tertiary/aromatic N) is 4. The molecule has 116 valence electrons. The quantitative estimate of drug-likeness (QED) is 0.854. The van der Waals surface area contributed by atoms with E-state index in [1.165, 1.54) is 15.8 Å². The van der Waals surface area contributed by atoms with Gasteiger partial charge in [-0.2, -0.15) is 9.78 Å². The Balaban J connectivity index is 1.56. The third-order valence-corrected chi connectivity index (χ3v) is 4.21. The summed E-state index contributed by atoms with van der Waals surface area (Å²) < 4.78 is 1.44. The fraction of sp³-hybridized carbons (Fsp3) is 0.412. The first-order valence-electron chi connectivity index (χ1n) is 7.71. The Kier molecular flexibility index (Phi) is 4.24. The minimum Gasteiger partial charge on any atom is -0.320 e. The molecule has 1 aliphatic rings. The smallest absolute Gasteiger partial charge is 0.320 e. The second kappa shape index (κ2) is 6.32. The molecule has 0 atom stereocenters. The van der Waals surface area contributed by atoms with Crippen molar-refractivity contribution in [2.24, 2.45) is 0 Å². The van der Waals surface area contributed by atoms with Crippen LogP contribution in [0.1, 0.15) is 16.7 Å². The van der Waals surface area contributed by atoms with Crippen molar-refractivity contribution in [3.05, 3.63) is 53.3 Å². The molecule has 0 N–H and O–H groups in total. The number of hydrogen-bond acceptors (Lipinski definition) is 3. The molecule has 3 rings (SSSR count). The Morgan fingerprint density at radius 1 is 1.14 bits per heavy atom. The van der Waals surface area contributed by atoms with Crippen LogP contribution in [-0.4, -0.2) is 51.8 Å². The summed E-state index contributed by atoms with van der Waals surface area (Å²) in [4.78, 5) is 16.6. The number of rotatable bonds is 2. The topological polar surface area (TPSA) is 41.4 Å². The second-order valence-corrected chi connectivity index (χ2v) is 5.93. The van der Waals surface area contributed by atoms with Gasteiger partial charge < -0.3 is 4.90 Å². The highest BCUT2D eigenvalue weighted by Gasteiger charge is 2.22. The third-order valence-electron chi connectivity index (χ3n) is 4.21. The van der Waals surface area contributed by atoms with Gasteiger partial charge in [0.15, 0.2) is 0 Å². The number of carbonyl (C=O) groups excluding carboxylic acids is 1. The average molecular weight is 298 g/mol. The van der Waals surface area contributed by atoms with E-state index in [1.54, 1.807) is 12.4 Å². The Bertz CT molecular complexity index is 656. The molecule has 22 heavy (non-hydrogen) atoms. The highest BCUT2D eigenvalue weighted by Crippen LogP contribution is 2.13. The van der Waals surface area contributed by atoms with Gasteiger partial charge in [0.1, 0.15) is 0 Å². The summed E-state index contributed by atoms with van der Waals surface area (Å²) in [5.41, 5.74) is 3.70. The van der Waals surface area contributed by atoms with Crippen molar-refractivity contribution >= 4 is 6.03 Å². The van der Waals surface area contributed by atoms with Crippen molar-refractivity contribution in [2.75, 3.05) is 26.2 Å². The Morgan fingerprint density at radius 2 is 1.86 bits per heavy atom. The minimum absolute atomic E-state index is 0.0244. The maximum absolute atomic E-state index is 12.3. The lowest BCUT2D eigenvalue weighted by molar-refractivity contribution is 0.134. The number of aromatic nitrogens is 2. The van der Waals surface area contributed by atoms with Crippen LogP contribution in [0.3, 0.4) is 0 Å². The highest BCUT2D eigenvalue weighted by atomic mass is 16.2. The number of benzene rings is 1. The summed E-state index contributed by atoms with van der Waals surface area (Å²) in [6.45, 7) is 8.36. The number of aryl methyl sites for hydroxylation is 2. The van der Waals surface area contributed by atoms with Crippen LogP contribution >= 0.6 is 0 Å². The molecule has 5 nitrogen and oxygen atoms in total. The lowest BCUT2D eigenvalue weighted by Gasteiger charge is -2.34. The van der Waals surface area contributed by atoms with Gasteiger partial charge in [0.2, 0.25) is 0 Å². The van der Waals surface area contributed by atoms with Crippen molar-refractivity contribution in [3.8, 4) is 0 Å². The zero-order valence-corrected chi connectivity index (χ0v) is 13.2. The first kappa shape index (κ1) is 14.8. The summed E-state index contributed by atoms with van der Waals surface area (Å²) in [7, 11) is 0. The molecule has 0 unspecified atom stereocenters.